The summed E-state index contributed by atoms with van der Waals surface area (Å²) in [5.74, 6) is 0. The number of ether oxygens (including phenoxy) is 1. The predicted molar refractivity (Wildman–Crippen MR) is 71.2 cm³/mol. The van der Waals surface area contributed by atoms with Crippen LogP contribution in [0.5, 0.6) is 0 Å². The van der Waals surface area contributed by atoms with Crippen molar-refractivity contribution in [3.05, 3.63) is 34.9 Å². The Balaban J connectivity index is 1.99. The van der Waals surface area contributed by atoms with E-state index in [-0.39, 0.29) is 5.54 Å². The summed E-state index contributed by atoms with van der Waals surface area (Å²) in [6.07, 6.45) is 2.37. The van der Waals surface area contributed by atoms with Crippen LogP contribution in [0, 0.1) is 13.8 Å². The first-order valence-corrected chi connectivity index (χ1v) is 6.48. The number of aryl methyl sites for hydroxylation is 2. The van der Waals surface area contributed by atoms with Crippen molar-refractivity contribution in [1.82, 2.24) is 5.32 Å². The third-order valence-electron chi connectivity index (χ3n) is 3.65. The maximum atomic E-state index is 5.56. The number of hydrogen-bond acceptors (Lipinski definition) is 2. The molecule has 2 rings (SSSR count). The van der Waals surface area contributed by atoms with Gasteiger partial charge in [-0.25, -0.2) is 0 Å². The van der Waals surface area contributed by atoms with Crippen LogP contribution in [-0.2, 0) is 11.3 Å². The average Bonchev–Trinajstić information content (AvgIpc) is 2.31. The van der Waals surface area contributed by atoms with Gasteiger partial charge < -0.3 is 10.1 Å². The van der Waals surface area contributed by atoms with Crippen LogP contribution in [0.3, 0.4) is 0 Å². The molecule has 1 aromatic carbocycles. The van der Waals surface area contributed by atoms with Crippen LogP contribution in [0.4, 0.5) is 0 Å². The van der Waals surface area contributed by atoms with Crippen molar-refractivity contribution in [2.24, 2.45) is 0 Å². The lowest BCUT2D eigenvalue weighted by atomic mass is 9.94. The molecule has 94 valence electrons. The van der Waals surface area contributed by atoms with E-state index in [1.54, 1.807) is 0 Å². The third kappa shape index (κ3) is 3.30. The maximum absolute atomic E-state index is 5.56. The Kier molecular flexibility index (Phi) is 3.85. The van der Waals surface area contributed by atoms with E-state index in [2.05, 4.69) is 44.3 Å². The minimum Gasteiger partial charge on any atom is -0.380 e. The third-order valence-corrected chi connectivity index (χ3v) is 3.65. The van der Waals surface area contributed by atoms with Crippen LogP contribution in [0.25, 0.3) is 0 Å². The first kappa shape index (κ1) is 12.6. The highest BCUT2D eigenvalue weighted by molar-refractivity contribution is 5.30. The zero-order chi connectivity index (χ0) is 12.3. The summed E-state index contributed by atoms with van der Waals surface area (Å²) < 4.78 is 5.56. The fraction of sp³-hybridized carbons (Fsp3) is 0.600. The van der Waals surface area contributed by atoms with E-state index in [1.807, 2.05) is 0 Å². The second kappa shape index (κ2) is 5.19. The van der Waals surface area contributed by atoms with E-state index in [0.717, 1.165) is 26.2 Å². The minimum absolute atomic E-state index is 0.147. The highest BCUT2D eigenvalue weighted by atomic mass is 16.5. The Labute approximate surface area is 104 Å². The van der Waals surface area contributed by atoms with Gasteiger partial charge in [0, 0.05) is 18.7 Å². The quantitative estimate of drug-likeness (QED) is 0.866. The van der Waals surface area contributed by atoms with Gasteiger partial charge in [0.25, 0.3) is 0 Å². The van der Waals surface area contributed by atoms with Gasteiger partial charge in [0.15, 0.2) is 0 Å². The molecule has 0 spiro atoms. The Morgan fingerprint density at radius 2 is 2.18 bits per heavy atom. The summed E-state index contributed by atoms with van der Waals surface area (Å²) in [5, 5.41) is 3.66. The molecule has 0 bridgehead atoms. The van der Waals surface area contributed by atoms with Gasteiger partial charge >= 0.3 is 0 Å². The van der Waals surface area contributed by atoms with Crippen LogP contribution in [-0.4, -0.2) is 18.8 Å². The molecule has 0 saturated carbocycles. The lowest BCUT2D eigenvalue weighted by Crippen LogP contribution is -2.48. The second-order valence-corrected chi connectivity index (χ2v) is 5.50. The molecule has 1 aliphatic heterocycles. The molecule has 1 fully saturated rings. The summed E-state index contributed by atoms with van der Waals surface area (Å²) in [4.78, 5) is 0. The number of hydrogen-bond donors (Lipinski definition) is 1. The topological polar surface area (TPSA) is 21.3 Å². The number of nitrogens with one attached hydrogen (secondary N) is 1. The van der Waals surface area contributed by atoms with Crippen LogP contribution < -0.4 is 5.32 Å². The van der Waals surface area contributed by atoms with Gasteiger partial charge in [-0.05, 0) is 44.7 Å². The normalized spacial score (nSPS) is 24.9. The van der Waals surface area contributed by atoms with E-state index in [9.17, 15) is 0 Å². The Morgan fingerprint density at radius 1 is 1.35 bits per heavy atom. The first-order chi connectivity index (χ1) is 8.09. The minimum atomic E-state index is 0.147. The van der Waals surface area contributed by atoms with Crippen molar-refractivity contribution in [1.29, 1.82) is 0 Å². The van der Waals surface area contributed by atoms with E-state index in [0.29, 0.717) is 0 Å². The van der Waals surface area contributed by atoms with Gasteiger partial charge in [-0.15, -0.1) is 0 Å². The van der Waals surface area contributed by atoms with Crippen LogP contribution >= 0.6 is 0 Å². The van der Waals surface area contributed by atoms with Gasteiger partial charge in [0.2, 0.25) is 0 Å². The monoisotopic (exact) mass is 233 g/mol. The van der Waals surface area contributed by atoms with Crippen molar-refractivity contribution < 1.29 is 4.74 Å². The van der Waals surface area contributed by atoms with Gasteiger partial charge in [0.1, 0.15) is 0 Å². The molecule has 2 nitrogen and oxygen atoms in total. The molecular weight excluding hydrogens is 210 g/mol. The fourth-order valence-electron chi connectivity index (χ4n) is 2.37. The van der Waals surface area contributed by atoms with Gasteiger partial charge in [-0.2, -0.15) is 0 Å². The lowest BCUT2D eigenvalue weighted by Gasteiger charge is -2.34. The first-order valence-electron chi connectivity index (χ1n) is 6.48. The summed E-state index contributed by atoms with van der Waals surface area (Å²) in [5.41, 5.74) is 4.24. The van der Waals surface area contributed by atoms with Crippen molar-refractivity contribution >= 4 is 0 Å². The maximum Gasteiger partial charge on any atom is 0.0645 e. The van der Waals surface area contributed by atoms with E-state index >= 15 is 0 Å². The Bertz CT molecular complexity index is 381. The molecule has 1 N–H and O–H groups in total. The molecule has 1 aliphatic rings. The molecule has 17 heavy (non-hydrogen) atoms. The van der Waals surface area contributed by atoms with Gasteiger partial charge in [-0.1, -0.05) is 23.8 Å². The average molecular weight is 233 g/mol. The van der Waals surface area contributed by atoms with Gasteiger partial charge in [0.05, 0.1) is 6.61 Å². The molecule has 0 aliphatic carbocycles. The molecule has 0 radical (unpaired) electrons. The molecule has 0 amide bonds. The van der Waals surface area contributed by atoms with Crippen molar-refractivity contribution in [2.45, 2.75) is 45.7 Å². The van der Waals surface area contributed by atoms with Crippen molar-refractivity contribution in [3.63, 3.8) is 0 Å². The van der Waals surface area contributed by atoms with Crippen LogP contribution in [0.1, 0.15) is 36.5 Å². The van der Waals surface area contributed by atoms with E-state index in [1.165, 1.54) is 23.1 Å². The second-order valence-electron chi connectivity index (χ2n) is 5.50. The van der Waals surface area contributed by atoms with E-state index in [4.69, 9.17) is 4.74 Å². The molecule has 1 aromatic rings. The Hall–Kier alpha value is -0.860. The molecule has 2 heteroatoms. The van der Waals surface area contributed by atoms with Crippen molar-refractivity contribution in [3.8, 4) is 0 Å². The van der Waals surface area contributed by atoms with Crippen molar-refractivity contribution in [2.75, 3.05) is 13.2 Å². The Morgan fingerprint density at radius 3 is 2.88 bits per heavy atom. The summed E-state index contributed by atoms with van der Waals surface area (Å²) in [6.45, 7) is 9.27. The highest BCUT2D eigenvalue weighted by Crippen LogP contribution is 2.20. The van der Waals surface area contributed by atoms with Crippen LogP contribution in [0.15, 0.2) is 18.2 Å². The molecule has 1 atom stereocenters. The standard InChI is InChI=1S/C15H23NO/c1-12-5-6-13(2)14(9-12)10-16-15(3)7-4-8-17-11-15/h5-6,9,16H,4,7-8,10-11H2,1-3H3. The summed E-state index contributed by atoms with van der Waals surface area (Å²) in [6, 6.07) is 6.64. The molecule has 1 saturated heterocycles. The lowest BCUT2D eigenvalue weighted by molar-refractivity contribution is 0.0277. The zero-order valence-corrected chi connectivity index (χ0v) is 11.2. The SMILES string of the molecule is Cc1ccc(C)c(CNC2(C)CCCOC2)c1. The number of rotatable bonds is 3. The van der Waals surface area contributed by atoms with E-state index < -0.39 is 0 Å². The predicted octanol–water partition coefficient (Wildman–Crippen LogP) is 2.96. The molecule has 1 unspecified atom stereocenters. The smallest absolute Gasteiger partial charge is 0.0645 e. The largest absolute Gasteiger partial charge is 0.380 e. The highest BCUT2D eigenvalue weighted by Gasteiger charge is 2.26. The number of benzene rings is 1. The molecular formula is C15H23NO. The van der Waals surface area contributed by atoms with Crippen LogP contribution in [0.2, 0.25) is 0 Å². The molecule has 0 aromatic heterocycles. The molecule has 1 heterocycles. The summed E-state index contributed by atoms with van der Waals surface area (Å²) in [7, 11) is 0. The zero-order valence-electron chi connectivity index (χ0n) is 11.2. The van der Waals surface area contributed by atoms with Gasteiger partial charge in [-0.3, -0.25) is 0 Å². The fourth-order valence-corrected chi connectivity index (χ4v) is 2.37. The summed E-state index contributed by atoms with van der Waals surface area (Å²) >= 11 is 0.